The number of aromatic nitrogens is 1. The van der Waals surface area contributed by atoms with E-state index < -0.39 is 0 Å². The number of fused-ring (bicyclic) bond motifs is 1. The molecule has 1 N–H and O–H groups in total. The number of nitrogens with zero attached hydrogens (tertiary/aromatic N) is 1. The van der Waals surface area contributed by atoms with Gasteiger partial charge in [-0.25, -0.2) is 4.98 Å². The molecule has 1 aliphatic carbocycles. The van der Waals surface area contributed by atoms with E-state index in [1.807, 2.05) is 18.2 Å². The molecule has 2 aromatic carbocycles. The molecule has 0 bridgehead atoms. The first-order valence-electron chi connectivity index (χ1n) is 9.97. The molecule has 0 spiro atoms. The Morgan fingerprint density at radius 3 is 2.52 bits per heavy atom. The summed E-state index contributed by atoms with van der Waals surface area (Å²) in [6.07, 6.45) is 6.85. The third kappa shape index (κ3) is 4.75. The maximum atomic E-state index is 12.3. The van der Waals surface area contributed by atoms with Crippen LogP contribution in [0.15, 0.2) is 54.6 Å². The third-order valence-corrected chi connectivity index (χ3v) is 6.59. The first kappa shape index (κ1) is 18.2. The SMILES string of the molecule is O=C(CCCc1nc2ccccc2s1)NC1CCC(c2ccccc2)CC1. The van der Waals surface area contributed by atoms with Crippen LogP contribution in [0.2, 0.25) is 0 Å². The number of aryl methyl sites for hydroxylation is 1. The second-order valence-corrected chi connectivity index (χ2v) is 8.57. The Morgan fingerprint density at radius 1 is 1.00 bits per heavy atom. The van der Waals surface area contributed by atoms with E-state index in [2.05, 4.69) is 46.7 Å². The fraction of sp³-hybridized carbons (Fsp3) is 0.391. The summed E-state index contributed by atoms with van der Waals surface area (Å²) in [5, 5.41) is 4.38. The molecule has 1 amide bonds. The molecule has 0 radical (unpaired) electrons. The zero-order chi connectivity index (χ0) is 18.5. The van der Waals surface area contributed by atoms with E-state index in [4.69, 9.17) is 0 Å². The van der Waals surface area contributed by atoms with E-state index >= 15 is 0 Å². The fourth-order valence-electron chi connectivity index (χ4n) is 4.02. The van der Waals surface area contributed by atoms with Gasteiger partial charge in [-0.1, -0.05) is 42.5 Å². The van der Waals surface area contributed by atoms with Crippen molar-refractivity contribution in [3.8, 4) is 0 Å². The summed E-state index contributed by atoms with van der Waals surface area (Å²) in [6, 6.07) is 19.3. The van der Waals surface area contributed by atoms with Gasteiger partial charge >= 0.3 is 0 Å². The minimum absolute atomic E-state index is 0.194. The van der Waals surface area contributed by atoms with Gasteiger partial charge in [-0.15, -0.1) is 11.3 Å². The highest BCUT2D eigenvalue weighted by atomic mass is 32.1. The molecule has 4 rings (SSSR count). The Labute approximate surface area is 164 Å². The molecule has 0 atom stereocenters. The first-order chi connectivity index (χ1) is 13.3. The van der Waals surface area contributed by atoms with Crippen LogP contribution >= 0.6 is 11.3 Å². The summed E-state index contributed by atoms with van der Waals surface area (Å²) in [7, 11) is 0. The fourth-order valence-corrected chi connectivity index (χ4v) is 5.03. The van der Waals surface area contributed by atoms with E-state index in [0.717, 1.165) is 36.2 Å². The minimum Gasteiger partial charge on any atom is -0.353 e. The monoisotopic (exact) mass is 378 g/mol. The molecule has 4 heteroatoms. The van der Waals surface area contributed by atoms with Gasteiger partial charge in [0.2, 0.25) is 5.91 Å². The Hall–Kier alpha value is -2.20. The molecule has 3 nitrogen and oxygen atoms in total. The van der Waals surface area contributed by atoms with Crippen LogP contribution in [0.5, 0.6) is 0 Å². The summed E-state index contributed by atoms with van der Waals surface area (Å²) >= 11 is 1.74. The average molecular weight is 379 g/mol. The topological polar surface area (TPSA) is 42.0 Å². The van der Waals surface area contributed by atoms with Gasteiger partial charge in [0.25, 0.3) is 0 Å². The number of hydrogen-bond donors (Lipinski definition) is 1. The molecule has 0 aliphatic heterocycles. The number of para-hydroxylation sites is 1. The van der Waals surface area contributed by atoms with Gasteiger partial charge in [0, 0.05) is 12.5 Å². The largest absolute Gasteiger partial charge is 0.353 e. The highest BCUT2D eigenvalue weighted by Crippen LogP contribution is 2.32. The maximum absolute atomic E-state index is 12.3. The molecule has 0 unspecified atom stereocenters. The smallest absolute Gasteiger partial charge is 0.220 e. The lowest BCUT2D eigenvalue weighted by molar-refractivity contribution is -0.122. The van der Waals surface area contributed by atoms with Crippen LogP contribution in [0.3, 0.4) is 0 Å². The van der Waals surface area contributed by atoms with Crippen molar-refractivity contribution in [2.24, 2.45) is 0 Å². The number of rotatable bonds is 6. The number of benzene rings is 2. The lowest BCUT2D eigenvalue weighted by Gasteiger charge is -2.29. The number of thiazole rings is 1. The zero-order valence-electron chi connectivity index (χ0n) is 15.6. The van der Waals surface area contributed by atoms with Crippen LogP contribution < -0.4 is 5.32 Å². The molecular weight excluding hydrogens is 352 g/mol. The summed E-state index contributed by atoms with van der Waals surface area (Å²) in [6.45, 7) is 0. The van der Waals surface area contributed by atoms with Crippen molar-refractivity contribution in [1.29, 1.82) is 0 Å². The highest BCUT2D eigenvalue weighted by molar-refractivity contribution is 7.18. The third-order valence-electron chi connectivity index (χ3n) is 5.50. The van der Waals surface area contributed by atoms with Gasteiger partial charge in [-0.2, -0.15) is 0 Å². The van der Waals surface area contributed by atoms with Gasteiger partial charge in [0.1, 0.15) is 0 Å². The molecule has 27 heavy (non-hydrogen) atoms. The summed E-state index contributed by atoms with van der Waals surface area (Å²) < 4.78 is 1.23. The predicted molar refractivity (Wildman–Crippen MR) is 112 cm³/mol. The average Bonchev–Trinajstić information content (AvgIpc) is 3.12. The van der Waals surface area contributed by atoms with Gasteiger partial charge in [-0.3, -0.25) is 4.79 Å². The van der Waals surface area contributed by atoms with Gasteiger partial charge in [-0.05, 0) is 62.1 Å². The Morgan fingerprint density at radius 2 is 1.74 bits per heavy atom. The lowest BCUT2D eigenvalue weighted by Crippen LogP contribution is -2.37. The van der Waals surface area contributed by atoms with Crippen molar-refractivity contribution in [3.05, 3.63) is 65.2 Å². The standard InChI is InChI=1S/C23H26N2OS/c26-22(11-6-12-23-25-20-9-4-5-10-21(20)27-23)24-19-15-13-18(14-16-19)17-7-2-1-3-8-17/h1-5,7-10,18-19H,6,11-16H2,(H,24,26). The zero-order valence-corrected chi connectivity index (χ0v) is 16.4. The summed E-state index contributed by atoms with van der Waals surface area (Å²) in [5.74, 6) is 0.845. The van der Waals surface area contributed by atoms with Gasteiger partial charge in [0.15, 0.2) is 0 Å². The number of carbonyl (C=O) groups is 1. The molecule has 3 aromatic rings. The van der Waals surface area contributed by atoms with Crippen molar-refractivity contribution < 1.29 is 4.79 Å². The quantitative estimate of drug-likeness (QED) is 0.619. The van der Waals surface area contributed by atoms with Crippen molar-refractivity contribution in [3.63, 3.8) is 0 Å². The Balaban J connectivity index is 1.19. The minimum atomic E-state index is 0.194. The van der Waals surface area contributed by atoms with Crippen LogP contribution in [0.1, 0.15) is 55.0 Å². The van der Waals surface area contributed by atoms with E-state index in [1.54, 1.807) is 11.3 Å². The van der Waals surface area contributed by atoms with E-state index in [0.29, 0.717) is 18.4 Å². The van der Waals surface area contributed by atoms with Crippen molar-refractivity contribution in [2.45, 2.75) is 56.9 Å². The molecular formula is C23H26N2OS. The Bertz CT molecular complexity index is 849. The molecule has 140 valence electrons. The first-order valence-corrected chi connectivity index (χ1v) is 10.8. The van der Waals surface area contributed by atoms with Gasteiger partial charge < -0.3 is 5.32 Å². The molecule has 0 saturated heterocycles. The predicted octanol–water partition coefficient (Wildman–Crippen LogP) is 5.46. The Kier molecular flexibility index (Phi) is 5.83. The van der Waals surface area contributed by atoms with Crippen molar-refractivity contribution >= 4 is 27.5 Å². The van der Waals surface area contributed by atoms with E-state index in [1.165, 1.54) is 23.1 Å². The number of amides is 1. The van der Waals surface area contributed by atoms with Crippen LogP contribution in [0.4, 0.5) is 0 Å². The summed E-state index contributed by atoms with van der Waals surface area (Å²) in [4.78, 5) is 16.9. The molecule has 1 heterocycles. The second kappa shape index (κ2) is 8.66. The number of hydrogen-bond acceptors (Lipinski definition) is 3. The van der Waals surface area contributed by atoms with Gasteiger partial charge in [0.05, 0.1) is 15.2 Å². The van der Waals surface area contributed by atoms with E-state index in [-0.39, 0.29) is 5.91 Å². The molecule has 1 aliphatic rings. The highest BCUT2D eigenvalue weighted by Gasteiger charge is 2.23. The maximum Gasteiger partial charge on any atom is 0.220 e. The van der Waals surface area contributed by atoms with Crippen LogP contribution in [-0.2, 0) is 11.2 Å². The second-order valence-electron chi connectivity index (χ2n) is 7.46. The van der Waals surface area contributed by atoms with Crippen LogP contribution in [0.25, 0.3) is 10.2 Å². The van der Waals surface area contributed by atoms with Crippen LogP contribution in [0, 0.1) is 0 Å². The number of nitrogens with one attached hydrogen (secondary N) is 1. The molecule has 1 saturated carbocycles. The summed E-state index contributed by atoms with van der Waals surface area (Å²) in [5.41, 5.74) is 2.51. The molecule has 1 aromatic heterocycles. The normalized spacial score (nSPS) is 19.9. The number of carbonyl (C=O) groups excluding carboxylic acids is 1. The van der Waals surface area contributed by atoms with Crippen molar-refractivity contribution in [2.75, 3.05) is 0 Å². The lowest BCUT2D eigenvalue weighted by atomic mass is 9.82. The van der Waals surface area contributed by atoms with Crippen LogP contribution in [-0.4, -0.2) is 16.9 Å². The van der Waals surface area contributed by atoms with E-state index in [9.17, 15) is 4.79 Å². The molecule has 1 fully saturated rings. The van der Waals surface area contributed by atoms with Crippen molar-refractivity contribution in [1.82, 2.24) is 10.3 Å².